The van der Waals surface area contributed by atoms with Gasteiger partial charge in [-0.05, 0) is 19.4 Å². The van der Waals surface area contributed by atoms with Crippen LogP contribution in [0.2, 0.25) is 0 Å². The molecule has 80 valence electrons. The highest BCUT2D eigenvalue weighted by molar-refractivity contribution is 5.45. The largest absolute Gasteiger partial charge is 0.438 e. The molecule has 0 saturated carbocycles. The molecule has 0 aromatic carbocycles. The van der Waals surface area contributed by atoms with E-state index in [1.807, 2.05) is 13.1 Å². The Morgan fingerprint density at radius 3 is 2.93 bits per heavy atom. The molecule has 2 rings (SSSR count). The first kappa shape index (κ1) is 9.92. The lowest BCUT2D eigenvalue weighted by molar-refractivity contribution is 0.531. The number of aromatic amines is 1. The van der Waals surface area contributed by atoms with Crippen LogP contribution in [0.3, 0.4) is 0 Å². The average molecular weight is 206 g/mol. The van der Waals surface area contributed by atoms with E-state index in [4.69, 9.17) is 10.2 Å². The second-order valence-corrected chi connectivity index (χ2v) is 3.39. The van der Waals surface area contributed by atoms with Crippen molar-refractivity contribution in [2.75, 3.05) is 6.54 Å². The van der Waals surface area contributed by atoms with Crippen molar-refractivity contribution in [3.05, 3.63) is 24.0 Å². The summed E-state index contributed by atoms with van der Waals surface area (Å²) in [6.07, 6.45) is 5.34. The van der Waals surface area contributed by atoms with E-state index in [0.29, 0.717) is 18.2 Å². The molecule has 15 heavy (non-hydrogen) atoms. The number of aryl methyl sites for hydroxylation is 2. The van der Waals surface area contributed by atoms with Crippen molar-refractivity contribution in [1.82, 2.24) is 15.0 Å². The van der Waals surface area contributed by atoms with Gasteiger partial charge in [-0.2, -0.15) is 0 Å². The Kier molecular flexibility index (Phi) is 2.82. The fourth-order valence-electron chi connectivity index (χ4n) is 1.37. The maximum atomic E-state index is 5.43. The molecule has 0 amide bonds. The quantitative estimate of drug-likeness (QED) is 0.789. The molecular weight excluding hydrogens is 192 g/mol. The Morgan fingerprint density at radius 1 is 1.40 bits per heavy atom. The van der Waals surface area contributed by atoms with Crippen LogP contribution < -0.4 is 5.73 Å². The molecule has 0 aliphatic heterocycles. The Balaban J connectivity index is 2.13. The van der Waals surface area contributed by atoms with Gasteiger partial charge in [0.25, 0.3) is 0 Å². The number of nitrogens with one attached hydrogen (secondary N) is 1. The van der Waals surface area contributed by atoms with Gasteiger partial charge in [-0.25, -0.2) is 9.97 Å². The molecule has 0 fully saturated rings. The summed E-state index contributed by atoms with van der Waals surface area (Å²) in [6, 6.07) is 0. The van der Waals surface area contributed by atoms with Gasteiger partial charge in [0.05, 0.1) is 6.20 Å². The molecule has 0 unspecified atom stereocenters. The highest BCUT2D eigenvalue weighted by Gasteiger charge is 2.07. The lowest BCUT2D eigenvalue weighted by Gasteiger charge is -1.93. The van der Waals surface area contributed by atoms with Crippen LogP contribution in [0.4, 0.5) is 0 Å². The molecule has 0 aliphatic rings. The van der Waals surface area contributed by atoms with E-state index in [2.05, 4.69) is 15.0 Å². The zero-order valence-electron chi connectivity index (χ0n) is 8.66. The molecule has 5 heteroatoms. The van der Waals surface area contributed by atoms with Crippen LogP contribution in [0.5, 0.6) is 0 Å². The molecule has 0 saturated heterocycles. The molecule has 5 nitrogen and oxygen atoms in total. The fourth-order valence-corrected chi connectivity index (χ4v) is 1.37. The van der Waals surface area contributed by atoms with Gasteiger partial charge in [0.2, 0.25) is 0 Å². The number of H-pyrrole nitrogens is 1. The van der Waals surface area contributed by atoms with Crippen molar-refractivity contribution < 1.29 is 4.42 Å². The maximum Gasteiger partial charge on any atom is 0.191 e. The third kappa shape index (κ3) is 2.24. The summed E-state index contributed by atoms with van der Waals surface area (Å²) in [5.41, 5.74) is 6.51. The topological polar surface area (TPSA) is 80.7 Å². The van der Waals surface area contributed by atoms with Crippen LogP contribution in [0.1, 0.15) is 18.0 Å². The molecule has 0 radical (unpaired) electrons. The molecule has 2 aromatic rings. The van der Waals surface area contributed by atoms with Crippen molar-refractivity contribution >= 4 is 0 Å². The molecule has 0 atom stereocenters. The number of nitrogens with two attached hydrogens (primary N) is 1. The Hall–Kier alpha value is -1.62. The van der Waals surface area contributed by atoms with E-state index in [-0.39, 0.29) is 0 Å². The number of hydrogen-bond acceptors (Lipinski definition) is 4. The second kappa shape index (κ2) is 4.27. The van der Waals surface area contributed by atoms with Crippen molar-refractivity contribution in [2.45, 2.75) is 19.8 Å². The second-order valence-electron chi connectivity index (χ2n) is 3.39. The van der Waals surface area contributed by atoms with Gasteiger partial charge >= 0.3 is 0 Å². The van der Waals surface area contributed by atoms with E-state index in [0.717, 1.165) is 24.4 Å². The molecule has 0 spiro atoms. The van der Waals surface area contributed by atoms with Gasteiger partial charge in [-0.15, -0.1) is 0 Å². The standard InChI is InChI=1S/C10H14N4O/c1-7-12-6-9(15-7)10-13-5-8(14-10)3-2-4-11/h5-6H,2-4,11H2,1H3,(H,13,14). The van der Waals surface area contributed by atoms with Gasteiger partial charge in [-0.3, -0.25) is 0 Å². The van der Waals surface area contributed by atoms with Crippen LogP contribution in [-0.2, 0) is 6.42 Å². The van der Waals surface area contributed by atoms with Crippen molar-refractivity contribution in [3.63, 3.8) is 0 Å². The summed E-state index contributed by atoms with van der Waals surface area (Å²) in [4.78, 5) is 11.4. The number of oxazole rings is 1. The number of nitrogens with zero attached hydrogens (tertiary/aromatic N) is 2. The highest BCUT2D eigenvalue weighted by Crippen LogP contribution is 2.16. The Morgan fingerprint density at radius 2 is 2.27 bits per heavy atom. The number of aromatic nitrogens is 3. The number of rotatable bonds is 4. The predicted octanol–water partition coefficient (Wildman–Crippen LogP) is 1.26. The third-order valence-corrected chi connectivity index (χ3v) is 2.13. The maximum absolute atomic E-state index is 5.43. The van der Waals surface area contributed by atoms with Gasteiger partial charge in [0, 0.05) is 18.8 Å². The van der Waals surface area contributed by atoms with Gasteiger partial charge in [0.1, 0.15) is 0 Å². The average Bonchev–Trinajstić information content (AvgIpc) is 2.83. The van der Waals surface area contributed by atoms with Crippen molar-refractivity contribution in [3.8, 4) is 11.6 Å². The molecule has 2 aromatic heterocycles. The normalized spacial score (nSPS) is 10.8. The first-order chi connectivity index (χ1) is 7.29. The fraction of sp³-hybridized carbons (Fsp3) is 0.400. The van der Waals surface area contributed by atoms with Crippen molar-refractivity contribution in [1.29, 1.82) is 0 Å². The van der Waals surface area contributed by atoms with Gasteiger partial charge < -0.3 is 15.1 Å². The monoisotopic (exact) mass is 206 g/mol. The molecular formula is C10H14N4O. The summed E-state index contributed by atoms with van der Waals surface area (Å²) in [5, 5.41) is 0. The minimum Gasteiger partial charge on any atom is -0.438 e. The van der Waals surface area contributed by atoms with E-state index >= 15 is 0 Å². The van der Waals surface area contributed by atoms with Gasteiger partial charge in [0.15, 0.2) is 17.5 Å². The van der Waals surface area contributed by atoms with E-state index in [1.54, 1.807) is 6.20 Å². The minimum absolute atomic E-state index is 0.643. The van der Waals surface area contributed by atoms with E-state index in [1.165, 1.54) is 0 Å². The highest BCUT2D eigenvalue weighted by atomic mass is 16.4. The third-order valence-electron chi connectivity index (χ3n) is 2.13. The SMILES string of the molecule is Cc1ncc(-c2ncc(CCCN)[nH]2)o1. The minimum atomic E-state index is 0.643. The van der Waals surface area contributed by atoms with Crippen LogP contribution in [0.25, 0.3) is 11.6 Å². The van der Waals surface area contributed by atoms with Crippen LogP contribution >= 0.6 is 0 Å². The summed E-state index contributed by atoms with van der Waals surface area (Å²) in [6.45, 7) is 2.50. The van der Waals surface area contributed by atoms with Crippen LogP contribution in [0.15, 0.2) is 16.8 Å². The zero-order chi connectivity index (χ0) is 10.7. The van der Waals surface area contributed by atoms with Gasteiger partial charge in [-0.1, -0.05) is 0 Å². The lowest BCUT2D eigenvalue weighted by Crippen LogP contribution is -2.00. The molecule has 0 aliphatic carbocycles. The van der Waals surface area contributed by atoms with Crippen molar-refractivity contribution in [2.24, 2.45) is 5.73 Å². The molecule has 0 bridgehead atoms. The van der Waals surface area contributed by atoms with Crippen LogP contribution in [0, 0.1) is 6.92 Å². The van der Waals surface area contributed by atoms with E-state index < -0.39 is 0 Å². The lowest BCUT2D eigenvalue weighted by atomic mass is 10.2. The predicted molar refractivity (Wildman–Crippen MR) is 56.2 cm³/mol. The first-order valence-corrected chi connectivity index (χ1v) is 4.96. The smallest absolute Gasteiger partial charge is 0.191 e. The Bertz CT molecular complexity index is 432. The summed E-state index contributed by atoms with van der Waals surface area (Å²) in [5.74, 6) is 2.04. The molecule has 2 heterocycles. The summed E-state index contributed by atoms with van der Waals surface area (Å²) < 4.78 is 5.36. The Labute approximate surface area is 87.7 Å². The zero-order valence-corrected chi connectivity index (χ0v) is 8.66. The molecule has 3 N–H and O–H groups in total. The number of hydrogen-bond donors (Lipinski definition) is 2. The summed E-state index contributed by atoms with van der Waals surface area (Å²) in [7, 11) is 0. The van der Waals surface area contributed by atoms with E-state index in [9.17, 15) is 0 Å². The summed E-state index contributed by atoms with van der Waals surface area (Å²) >= 11 is 0. The first-order valence-electron chi connectivity index (χ1n) is 4.96. The van der Waals surface area contributed by atoms with Crippen LogP contribution in [-0.4, -0.2) is 21.5 Å². The number of imidazole rings is 1.